The summed E-state index contributed by atoms with van der Waals surface area (Å²) in [6.45, 7) is 4.22. The molecule has 0 unspecified atom stereocenters. The molecule has 3 heterocycles. The smallest absolute Gasteiger partial charge is 0.128 e. The zero-order valence-corrected chi connectivity index (χ0v) is 11.8. The highest BCUT2D eigenvalue weighted by Gasteiger charge is 2.20. The van der Waals surface area contributed by atoms with Crippen LogP contribution in [0.25, 0.3) is 0 Å². The topological polar surface area (TPSA) is 41.1 Å². The van der Waals surface area contributed by atoms with Crippen molar-refractivity contribution in [1.82, 2.24) is 9.97 Å². The standard InChI is InChI=1S/C16H20N4/c1-13-5-9-17-12-15(13)19-14-6-10-20(11-7-14)16-4-2-3-8-18-16/h2-5,8-9,12,14,19H,6-7,10-11H2,1H3. The van der Waals surface area contributed by atoms with E-state index < -0.39 is 0 Å². The van der Waals surface area contributed by atoms with Gasteiger partial charge in [0.25, 0.3) is 0 Å². The first-order chi connectivity index (χ1) is 9.83. The van der Waals surface area contributed by atoms with Gasteiger partial charge in [0.15, 0.2) is 0 Å². The van der Waals surface area contributed by atoms with Gasteiger partial charge < -0.3 is 10.2 Å². The molecule has 2 aromatic rings. The van der Waals surface area contributed by atoms with Gasteiger partial charge in [0, 0.05) is 31.5 Å². The lowest BCUT2D eigenvalue weighted by atomic mass is 10.0. The number of anilines is 2. The van der Waals surface area contributed by atoms with E-state index in [-0.39, 0.29) is 0 Å². The molecular weight excluding hydrogens is 248 g/mol. The molecule has 0 aliphatic carbocycles. The van der Waals surface area contributed by atoms with Crippen LogP contribution >= 0.6 is 0 Å². The number of nitrogens with zero attached hydrogens (tertiary/aromatic N) is 3. The number of nitrogens with one attached hydrogen (secondary N) is 1. The highest BCUT2D eigenvalue weighted by molar-refractivity contribution is 5.49. The van der Waals surface area contributed by atoms with E-state index in [0.717, 1.165) is 37.4 Å². The normalized spacial score (nSPS) is 16.1. The zero-order valence-electron chi connectivity index (χ0n) is 11.8. The molecule has 1 N–H and O–H groups in total. The SMILES string of the molecule is Cc1ccncc1NC1CCN(c2ccccn2)CC1. The van der Waals surface area contributed by atoms with Crippen molar-refractivity contribution in [3.8, 4) is 0 Å². The van der Waals surface area contributed by atoms with Gasteiger partial charge in [-0.3, -0.25) is 4.98 Å². The maximum Gasteiger partial charge on any atom is 0.128 e. The number of piperidine rings is 1. The molecule has 4 heteroatoms. The van der Waals surface area contributed by atoms with Crippen molar-refractivity contribution in [3.63, 3.8) is 0 Å². The Morgan fingerprint density at radius 3 is 2.70 bits per heavy atom. The van der Waals surface area contributed by atoms with E-state index in [9.17, 15) is 0 Å². The van der Waals surface area contributed by atoms with E-state index in [1.807, 2.05) is 36.8 Å². The number of hydrogen-bond acceptors (Lipinski definition) is 4. The summed E-state index contributed by atoms with van der Waals surface area (Å²) in [5, 5.41) is 3.61. The van der Waals surface area contributed by atoms with Crippen molar-refractivity contribution in [2.75, 3.05) is 23.3 Å². The summed E-state index contributed by atoms with van der Waals surface area (Å²) in [5.41, 5.74) is 2.41. The Morgan fingerprint density at radius 1 is 1.15 bits per heavy atom. The summed E-state index contributed by atoms with van der Waals surface area (Å²) >= 11 is 0. The maximum absolute atomic E-state index is 4.42. The van der Waals surface area contributed by atoms with Gasteiger partial charge in [0.1, 0.15) is 5.82 Å². The van der Waals surface area contributed by atoms with E-state index in [0.29, 0.717) is 6.04 Å². The third-order valence-electron chi connectivity index (χ3n) is 3.87. The third kappa shape index (κ3) is 2.90. The second kappa shape index (κ2) is 5.90. The zero-order chi connectivity index (χ0) is 13.8. The molecule has 0 radical (unpaired) electrons. The van der Waals surface area contributed by atoms with Crippen LogP contribution in [-0.2, 0) is 0 Å². The molecule has 3 rings (SSSR count). The van der Waals surface area contributed by atoms with Crippen LogP contribution in [0.3, 0.4) is 0 Å². The molecule has 0 amide bonds. The van der Waals surface area contributed by atoms with Gasteiger partial charge in [-0.05, 0) is 43.5 Å². The molecule has 4 nitrogen and oxygen atoms in total. The largest absolute Gasteiger partial charge is 0.381 e. The molecule has 0 atom stereocenters. The summed E-state index contributed by atoms with van der Waals surface area (Å²) < 4.78 is 0. The number of rotatable bonds is 3. The summed E-state index contributed by atoms with van der Waals surface area (Å²) in [5.74, 6) is 1.09. The van der Waals surface area contributed by atoms with Crippen molar-refractivity contribution in [2.24, 2.45) is 0 Å². The van der Waals surface area contributed by atoms with Gasteiger partial charge in [0.2, 0.25) is 0 Å². The minimum absolute atomic E-state index is 0.526. The Balaban J connectivity index is 1.58. The van der Waals surface area contributed by atoms with Gasteiger partial charge in [-0.2, -0.15) is 0 Å². The van der Waals surface area contributed by atoms with Crippen LogP contribution in [0.2, 0.25) is 0 Å². The minimum Gasteiger partial charge on any atom is -0.381 e. The Bertz CT molecular complexity index is 547. The fraction of sp³-hybridized carbons (Fsp3) is 0.375. The second-order valence-electron chi connectivity index (χ2n) is 5.28. The van der Waals surface area contributed by atoms with Gasteiger partial charge in [-0.1, -0.05) is 6.07 Å². The predicted molar refractivity (Wildman–Crippen MR) is 82.1 cm³/mol. The van der Waals surface area contributed by atoms with Crippen LogP contribution in [0.5, 0.6) is 0 Å². The second-order valence-corrected chi connectivity index (χ2v) is 5.28. The molecule has 1 fully saturated rings. The fourth-order valence-corrected chi connectivity index (χ4v) is 2.63. The van der Waals surface area contributed by atoms with Crippen LogP contribution in [0.15, 0.2) is 42.9 Å². The molecule has 0 saturated carbocycles. The molecular formula is C16H20N4. The monoisotopic (exact) mass is 268 g/mol. The highest BCUT2D eigenvalue weighted by Crippen LogP contribution is 2.21. The Labute approximate surface area is 119 Å². The van der Waals surface area contributed by atoms with Gasteiger partial charge in [-0.25, -0.2) is 4.98 Å². The summed E-state index contributed by atoms with van der Waals surface area (Å²) in [6.07, 6.45) is 7.87. The molecule has 2 aromatic heterocycles. The van der Waals surface area contributed by atoms with Gasteiger partial charge in [-0.15, -0.1) is 0 Å². The number of pyridine rings is 2. The van der Waals surface area contributed by atoms with Crippen molar-refractivity contribution >= 4 is 11.5 Å². The molecule has 1 aliphatic rings. The number of aromatic nitrogens is 2. The van der Waals surface area contributed by atoms with E-state index in [1.165, 1.54) is 5.56 Å². The lowest BCUT2D eigenvalue weighted by molar-refractivity contribution is 0.523. The lowest BCUT2D eigenvalue weighted by Gasteiger charge is -2.33. The Morgan fingerprint density at radius 2 is 2.00 bits per heavy atom. The van der Waals surface area contributed by atoms with Crippen molar-refractivity contribution < 1.29 is 0 Å². The van der Waals surface area contributed by atoms with Crippen LogP contribution in [-0.4, -0.2) is 29.1 Å². The van der Waals surface area contributed by atoms with Gasteiger partial charge in [0.05, 0.1) is 11.9 Å². The average Bonchev–Trinajstić information content (AvgIpc) is 2.51. The number of aryl methyl sites for hydroxylation is 1. The minimum atomic E-state index is 0.526. The lowest BCUT2D eigenvalue weighted by Crippen LogP contribution is -2.39. The predicted octanol–water partition coefficient (Wildman–Crippen LogP) is 2.87. The van der Waals surface area contributed by atoms with Crippen LogP contribution in [0.4, 0.5) is 11.5 Å². The molecule has 20 heavy (non-hydrogen) atoms. The summed E-state index contributed by atoms with van der Waals surface area (Å²) in [6, 6.07) is 8.66. The van der Waals surface area contributed by atoms with Crippen LogP contribution < -0.4 is 10.2 Å². The molecule has 0 aromatic carbocycles. The average molecular weight is 268 g/mol. The van der Waals surface area contributed by atoms with Crippen molar-refractivity contribution in [1.29, 1.82) is 0 Å². The van der Waals surface area contributed by atoms with Gasteiger partial charge >= 0.3 is 0 Å². The third-order valence-corrected chi connectivity index (χ3v) is 3.87. The molecule has 1 saturated heterocycles. The van der Waals surface area contributed by atoms with E-state index in [1.54, 1.807) is 0 Å². The first-order valence-electron chi connectivity index (χ1n) is 7.16. The molecule has 0 bridgehead atoms. The van der Waals surface area contributed by atoms with Crippen molar-refractivity contribution in [2.45, 2.75) is 25.8 Å². The van der Waals surface area contributed by atoms with Crippen LogP contribution in [0.1, 0.15) is 18.4 Å². The molecule has 0 spiro atoms. The molecule has 104 valence electrons. The van der Waals surface area contributed by atoms with E-state index >= 15 is 0 Å². The van der Waals surface area contributed by atoms with Crippen LogP contribution in [0, 0.1) is 6.92 Å². The summed E-state index contributed by atoms with van der Waals surface area (Å²) in [7, 11) is 0. The molecule has 1 aliphatic heterocycles. The Kier molecular flexibility index (Phi) is 3.81. The van der Waals surface area contributed by atoms with E-state index in [4.69, 9.17) is 0 Å². The summed E-state index contributed by atoms with van der Waals surface area (Å²) in [4.78, 5) is 11.0. The highest BCUT2D eigenvalue weighted by atomic mass is 15.2. The first-order valence-corrected chi connectivity index (χ1v) is 7.16. The van der Waals surface area contributed by atoms with E-state index in [2.05, 4.69) is 33.2 Å². The Hall–Kier alpha value is -2.10. The fourth-order valence-electron chi connectivity index (χ4n) is 2.63. The first kappa shape index (κ1) is 12.9. The quantitative estimate of drug-likeness (QED) is 0.929. The number of hydrogen-bond donors (Lipinski definition) is 1. The van der Waals surface area contributed by atoms with Crippen molar-refractivity contribution in [3.05, 3.63) is 48.4 Å². The maximum atomic E-state index is 4.42.